The van der Waals surface area contributed by atoms with Crippen molar-refractivity contribution in [3.63, 3.8) is 0 Å². The minimum Gasteiger partial charge on any atom is -0.375 e. The molecule has 1 unspecified atom stereocenters. The van der Waals surface area contributed by atoms with Crippen molar-refractivity contribution in [1.29, 1.82) is 0 Å². The monoisotopic (exact) mass is 235 g/mol. The van der Waals surface area contributed by atoms with Crippen LogP contribution < -0.4 is 5.73 Å². The first kappa shape index (κ1) is 9.19. The molecule has 62 valence electrons. The van der Waals surface area contributed by atoms with Crippen LogP contribution in [0.5, 0.6) is 0 Å². The van der Waals surface area contributed by atoms with Gasteiger partial charge in [-0.2, -0.15) is 11.3 Å². The van der Waals surface area contributed by atoms with Gasteiger partial charge < -0.3 is 10.5 Å². The highest BCUT2D eigenvalue weighted by atomic mass is 79.9. The lowest BCUT2D eigenvalue weighted by molar-refractivity contribution is 0.110. The van der Waals surface area contributed by atoms with Gasteiger partial charge in [0, 0.05) is 29.1 Å². The molecule has 0 aliphatic rings. The van der Waals surface area contributed by atoms with E-state index in [1.807, 2.05) is 10.8 Å². The van der Waals surface area contributed by atoms with Crippen molar-refractivity contribution in [2.75, 3.05) is 13.7 Å². The molecule has 2 N–H and O–H groups in total. The van der Waals surface area contributed by atoms with Crippen molar-refractivity contribution in [1.82, 2.24) is 0 Å². The molecule has 1 atom stereocenters. The van der Waals surface area contributed by atoms with Gasteiger partial charge in [0.15, 0.2) is 0 Å². The maximum absolute atomic E-state index is 5.50. The number of ether oxygens (including phenoxy) is 1. The third-order valence-corrected chi connectivity index (χ3v) is 3.24. The van der Waals surface area contributed by atoms with Crippen LogP contribution in [-0.2, 0) is 4.74 Å². The molecular formula is C7H10BrNOS. The van der Waals surface area contributed by atoms with Gasteiger partial charge in [-0.1, -0.05) is 0 Å². The van der Waals surface area contributed by atoms with Crippen LogP contribution in [0.3, 0.4) is 0 Å². The van der Waals surface area contributed by atoms with Crippen LogP contribution in [-0.4, -0.2) is 13.7 Å². The predicted molar refractivity (Wildman–Crippen MR) is 50.8 cm³/mol. The number of halogens is 1. The Bertz CT molecular complexity index is 222. The summed E-state index contributed by atoms with van der Waals surface area (Å²) in [5, 5.41) is 4.07. The van der Waals surface area contributed by atoms with Gasteiger partial charge in [-0.05, 0) is 21.3 Å². The Labute approximate surface area is 78.5 Å². The number of thiophene rings is 1. The van der Waals surface area contributed by atoms with Crippen molar-refractivity contribution in [2.45, 2.75) is 6.10 Å². The van der Waals surface area contributed by atoms with E-state index in [0.717, 1.165) is 10.0 Å². The summed E-state index contributed by atoms with van der Waals surface area (Å²) in [6, 6.07) is 0. The maximum Gasteiger partial charge on any atom is 0.0962 e. The van der Waals surface area contributed by atoms with E-state index in [9.17, 15) is 0 Å². The van der Waals surface area contributed by atoms with Crippen LogP contribution in [0.4, 0.5) is 0 Å². The van der Waals surface area contributed by atoms with Crippen molar-refractivity contribution >= 4 is 27.3 Å². The number of hydrogen-bond acceptors (Lipinski definition) is 3. The Kier molecular flexibility index (Phi) is 3.51. The highest BCUT2D eigenvalue weighted by molar-refractivity contribution is 9.10. The topological polar surface area (TPSA) is 35.2 Å². The Hall–Kier alpha value is 0.100. The summed E-state index contributed by atoms with van der Waals surface area (Å²) in [5.41, 5.74) is 6.64. The van der Waals surface area contributed by atoms with Crippen LogP contribution in [0.25, 0.3) is 0 Å². The lowest BCUT2D eigenvalue weighted by atomic mass is 10.2. The molecule has 0 fully saturated rings. The molecule has 4 heteroatoms. The third kappa shape index (κ3) is 2.02. The zero-order valence-electron chi connectivity index (χ0n) is 6.21. The van der Waals surface area contributed by atoms with Crippen molar-refractivity contribution in [3.05, 3.63) is 20.8 Å². The first-order chi connectivity index (χ1) is 5.29. The highest BCUT2D eigenvalue weighted by Gasteiger charge is 2.11. The molecule has 0 aliphatic heterocycles. The van der Waals surface area contributed by atoms with E-state index in [1.165, 1.54) is 0 Å². The first-order valence-corrected chi connectivity index (χ1v) is 4.97. The molecule has 0 spiro atoms. The van der Waals surface area contributed by atoms with Gasteiger partial charge >= 0.3 is 0 Å². The summed E-state index contributed by atoms with van der Waals surface area (Å²) in [4.78, 5) is 0. The predicted octanol–water partition coefficient (Wildman–Crippen LogP) is 2.16. The van der Waals surface area contributed by atoms with E-state index in [0.29, 0.717) is 6.54 Å². The van der Waals surface area contributed by atoms with E-state index >= 15 is 0 Å². The largest absolute Gasteiger partial charge is 0.375 e. The van der Waals surface area contributed by atoms with Gasteiger partial charge in [0.2, 0.25) is 0 Å². The normalized spacial score (nSPS) is 13.4. The minimum atomic E-state index is 0.0237. The molecule has 1 heterocycles. The van der Waals surface area contributed by atoms with Crippen molar-refractivity contribution in [2.24, 2.45) is 5.73 Å². The molecule has 1 rings (SSSR count). The van der Waals surface area contributed by atoms with E-state index in [2.05, 4.69) is 15.9 Å². The second-order valence-corrected chi connectivity index (χ2v) is 3.73. The van der Waals surface area contributed by atoms with Crippen LogP contribution in [0.1, 0.15) is 11.7 Å². The van der Waals surface area contributed by atoms with Crippen LogP contribution in [0.2, 0.25) is 0 Å². The second kappa shape index (κ2) is 4.21. The van der Waals surface area contributed by atoms with Crippen LogP contribution in [0, 0.1) is 0 Å². The van der Waals surface area contributed by atoms with Crippen LogP contribution in [0.15, 0.2) is 15.2 Å². The van der Waals surface area contributed by atoms with E-state index < -0.39 is 0 Å². The fourth-order valence-corrected chi connectivity index (χ4v) is 2.47. The lowest BCUT2D eigenvalue weighted by Crippen LogP contribution is -2.13. The highest BCUT2D eigenvalue weighted by Crippen LogP contribution is 2.28. The second-order valence-electron chi connectivity index (χ2n) is 2.14. The number of hydrogen-bond donors (Lipinski definition) is 1. The van der Waals surface area contributed by atoms with Crippen LogP contribution >= 0.6 is 27.3 Å². The SMILES string of the molecule is COC(CN)c1cscc1Br. The molecule has 0 aliphatic carbocycles. The Morgan fingerprint density at radius 1 is 1.73 bits per heavy atom. The quantitative estimate of drug-likeness (QED) is 0.872. The molecule has 0 amide bonds. The van der Waals surface area contributed by atoms with E-state index in [4.69, 9.17) is 10.5 Å². The van der Waals surface area contributed by atoms with Gasteiger partial charge in [-0.25, -0.2) is 0 Å². The molecule has 11 heavy (non-hydrogen) atoms. The van der Waals surface area contributed by atoms with Gasteiger partial charge in [0.05, 0.1) is 6.10 Å². The smallest absolute Gasteiger partial charge is 0.0962 e. The Balaban J connectivity index is 2.81. The van der Waals surface area contributed by atoms with E-state index in [1.54, 1.807) is 18.4 Å². The number of nitrogens with two attached hydrogens (primary N) is 1. The lowest BCUT2D eigenvalue weighted by Gasteiger charge is -2.11. The summed E-state index contributed by atoms with van der Waals surface area (Å²) in [6.07, 6.45) is 0.0237. The summed E-state index contributed by atoms with van der Waals surface area (Å²) in [5.74, 6) is 0. The number of methoxy groups -OCH3 is 1. The minimum absolute atomic E-state index is 0.0237. The fourth-order valence-electron chi connectivity index (χ4n) is 0.871. The molecule has 2 nitrogen and oxygen atoms in total. The summed E-state index contributed by atoms with van der Waals surface area (Å²) >= 11 is 5.07. The van der Waals surface area contributed by atoms with Gasteiger partial charge in [-0.15, -0.1) is 0 Å². The van der Waals surface area contributed by atoms with Crippen molar-refractivity contribution < 1.29 is 4.74 Å². The summed E-state index contributed by atoms with van der Waals surface area (Å²) in [7, 11) is 1.67. The third-order valence-electron chi connectivity index (χ3n) is 1.49. The van der Waals surface area contributed by atoms with Crippen molar-refractivity contribution in [3.8, 4) is 0 Å². The summed E-state index contributed by atoms with van der Waals surface area (Å²) in [6.45, 7) is 0.520. The Morgan fingerprint density at radius 2 is 2.45 bits per heavy atom. The first-order valence-electron chi connectivity index (χ1n) is 3.24. The molecule has 0 aromatic carbocycles. The summed E-state index contributed by atoms with van der Waals surface area (Å²) < 4.78 is 6.26. The molecule has 0 radical (unpaired) electrons. The molecule has 0 saturated carbocycles. The van der Waals surface area contributed by atoms with Gasteiger partial charge in [0.1, 0.15) is 0 Å². The molecule has 1 aromatic heterocycles. The molecule has 0 bridgehead atoms. The van der Waals surface area contributed by atoms with E-state index in [-0.39, 0.29) is 6.10 Å². The molecule has 0 saturated heterocycles. The van der Waals surface area contributed by atoms with Gasteiger partial charge in [-0.3, -0.25) is 0 Å². The number of rotatable bonds is 3. The zero-order chi connectivity index (χ0) is 8.27. The average Bonchev–Trinajstić information content (AvgIpc) is 2.40. The average molecular weight is 236 g/mol. The maximum atomic E-state index is 5.50. The zero-order valence-corrected chi connectivity index (χ0v) is 8.61. The molecular weight excluding hydrogens is 226 g/mol. The standard InChI is InChI=1S/C7H10BrNOS/c1-10-7(2-9)5-3-11-4-6(5)8/h3-4,7H,2,9H2,1H3. The fraction of sp³-hybridized carbons (Fsp3) is 0.429. The molecule has 1 aromatic rings. The van der Waals surface area contributed by atoms with Gasteiger partial charge in [0.25, 0.3) is 0 Å². The Morgan fingerprint density at radius 3 is 2.82 bits per heavy atom.